The summed E-state index contributed by atoms with van der Waals surface area (Å²) < 4.78 is 0. The predicted octanol–water partition coefficient (Wildman–Crippen LogP) is 14.3. The Bertz CT molecular complexity index is 524. The third-order valence-corrected chi connectivity index (χ3v) is 10.6. The highest BCUT2D eigenvalue weighted by Crippen LogP contribution is 2.18. The van der Waals surface area contributed by atoms with Crippen molar-refractivity contribution in [3.8, 4) is 0 Å². The third-order valence-electron chi connectivity index (χ3n) is 10.6. The number of rotatable bonds is 43. The van der Waals surface area contributed by atoms with E-state index >= 15 is 0 Å². The maximum absolute atomic E-state index is 10.3. The van der Waals surface area contributed by atoms with E-state index in [1.54, 1.807) is 0 Å². The standard InChI is InChI=1S/C44H90O3/c45-42-38-34-30-26-22-18-16-14-12-10-8-6-4-2-1-3-5-7-9-11-13-15-17-20-24-28-32-36-40-44(47)41-37-33-29-25-21-19-23-27-31-35-39-43-46/h44-47H,1-43H2. The molecule has 3 nitrogen and oxygen atoms in total. The van der Waals surface area contributed by atoms with Crippen molar-refractivity contribution in [3.05, 3.63) is 0 Å². The third kappa shape index (κ3) is 43.9. The van der Waals surface area contributed by atoms with Crippen molar-refractivity contribution in [2.75, 3.05) is 13.2 Å². The van der Waals surface area contributed by atoms with Crippen molar-refractivity contribution in [2.45, 2.75) is 269 Å². The number of aliphatic hydroxyl groups is 3. The van der Waals surface area contributed by atoms with E-state index in [-0.39, 0.29) is 6.10 Å². The molecule has 0 fully saturated rings. The molecule has 0 aliphatic heterocycles. The first kappa shape index (κ1) is 46.9. The topological polar surface area (TPSA) is 60.7 Å². The van der Waals surface area contributed by atoms with Gasteiger partial charge in [-0.1, -0.05) is 238 Å². The van der Waals surface area contributed by atoms with Gasteiger partial charge in [-0.25, -0.2) is 0 Å². The maximum Gasteiger partial charge on any atom is 0.0540 e. The van der Waals surface area contributed by atoms with Crippen LogP contribution in [0, 0.1) is 0 Å². The number of unbranched alkanes of at least 4 members (excludes halogenated alkanes) is 37. The Morgan fingerprint density at radius 3 is 0.468 bits per heavy atom. The highest BCUT2D eigenvalue weighted by molar-refractivity contribution is 4.58. The second-order valence-electron chi connectivity index (χ2n) is 15.5. The summed E-state index contributed by atoms with van der Waals surface area (Å²) in [6, 6.07) is 0. The van der Waals surface area contributed by atoms with Gasteiger partial charge in [0.1, 0.15) is 0 Å². The van der Waals surface area contributed by atoms with Gasteiger partial charge in [-0.2, -0.15) is 0 Å². The lowest BCUT2D eigenvalue weighted by Crippen LogP contribution is -2.05. The molecule has 0 amide bonds. The molecule has 47 heavy (non-hydrogen) atoms. The fourth-order valence-electron chi connectivity index (χ4n) is 7.32. The van der Waals surface area contributed by atoms with Crippen LogP contribution in [-0.2, 0) is 0 Å². The number of hydrogen-bond acceptors (Lipinski definition) is 3. The van der Waals surface area contributed by atoms with Gasteiger partial charge in [0.2, 0.25) is 0 Å². The maximum atomic E-state index is 10.3. The molecule has 0 bridgehead atoms. The molecular weight excluding hydrogens is 576 g/mol. The summed E-state index contributed by atoms with van der Waals surface area (Å²) in [6.07, 6.45) is 55.2. The Hall–Kier alpha value is -0.120. The van der Waals surface area contributed by atoms with Crippen LogP contribution in [0.5, 0.6) is 0 Å². The summed E-state index contributed by atoms with van der Waals surface area (Å²) in [7, 11) is 0. The van der Waals surface area contributed by atoms with E-state index in [4.69, 9.17) is 10.2 Å². The normalized spacial score (nSPS) is 12.3. The largest absolute Gasteiger partial charge is 0.396 e. The summed E-state index contributed by atoms with van der Waals surface area (Å²) in [6.45, 7) is 0.722. The monoisotopic (exact) mass is 667 g/mol. The van der Waals surface area contributed by atoms with Crippen LogP contribution >= 0.6 is 0 Å². The molecule has 0 saturated carbocycles. The predicted molar refractivity (Wildman–Crippen MR) is 209 cm³/mol. The van der Waals surface area contributed by atoms with Gasteiger partial charge in [-0.05, 0) is 25.7 Å². The van der Waals surface area contributed by atoms with Crippen molar-refractivity contribution >= 4 is 0 Å². The van der Waals surface area contributed by atoms with Crippen LogP contribution in [0.25, 0.3) is 0 Å². The quantitative estimate of drug-likeness (QED) is 0.0568. The van der Waals surface area contributed by atoms with E-state index in [9.17, 15) is 5.11 Å². The Labute approximate surface area is 297 Å². The molecule has 0 rings (SSSR count). The number of hydrogen-bond donors (Lipinski definition) is 3. The molecule has 1 unspecified atom stereocenters. The first-order chi connectivity index (χ1) is 23.3. The van der Waals surface area contributed by atoms with Crippen LogP contribution in [0.4, 0.5) is 0 Å². The average molecular weight is 667 g/mol. The Balaban J connectivity index is 3.11. The van der Waals surface area contributed by atoms with Crippen LogP contribution < -0.4 is 0 Å². The van der Waals surface area contributed by atoms with Crippen molar-refractivity contribution < 1.29 is 15.3 Å². The Morgan fingerprint density at radius 1 is 0.191 bits per heavy atom. The molecular formula is C44H90O3. The van der Waals surface area contributed by atoms with Gasteiger partial charge in [0, 0.05) is 13.2 Å². The SMILES string of the molecule is OCCCCCCCCCCCCCCCCCCCCCCCCCCCCCCC(O)CCCCCCCCCCCCCO. The van der Waals surface area contributed by atoms with Crippen molar-refractivity contribution in [2.24, 2.45) is 0 Å². The summed E-state index contributed by atoms with van der Waals surface area (Å²) in [5, 5.41) is 27.9. The Kier molecular flexibility index (Phi) is 43.8. The highest BCUT2D eigenvalue weighted by Gasteiger charge is 2.04. The minimum Gasteiger partial charge on any atom is -0.396 e. The van der Waals surface area contributed by atoms with Gasteiger partial charge < -0.3 is 15.3 Å². The molecule has 0 heterocycles. The van der Waals surface area contributed by atoms with Crippen molar-refractivity contribution in [1.29, 1.82) is 0 Å². The lowest BCUT2D eigenvalue weighted by molar-refractivity contribution is 0.147. The molecule has 0 aromatic heterocycles. The van der Waals surface area contributed by atoms with E-state index in [2.05, 4.69) is 0 Å². The molecule has 0 aromatic rings. The van der Waals surface area contributed by atoms with Crippen molar-refractivity contribution in [1.82, 2.24) is 0 Å². The average Bonchev–Trinajstić information content (AvgIpc) is 3.08. The van der Waals surface area contributed by atoms with E-state index in [0.717, 1.165) is 25.7 Å². The fourth-order valence-corrected chi connectivity index (χ4v) is 7.32. The molecule has 0 saturated heterocycles. The van der Waals surface area contributed by atoms with Gasteiger partial charge in [-0.3, -0.25) is 0 Å². The lowest BCUT2D eigenvalue weighted by Gasteiger charge is -2.10. The molecule has 0 aliphatic rings. The first-order valence-corrected chi connectivity index (χ1v) is 22.2. The molecule has 0 aromatic carbocycles. The number of aliphatic hydroxyl groups excluding tert-OH is 3. The van der Waals surface area contributed by atoms with Gasteiger partial charge in [0.05, 0.1) is 6.10 Å². The molecule has 0 aliphatic carbocycles. The van der Waals surface area contributed by atoms with Gasteiger partial charge in [0.15, 0.2) is 0 Å². The van der Waals surface area contributed by atoms with Crippen LogP contribution in [-0.4, -0.2) is 34.6 Å². The zero-order chi connectivity index (χ0) is 34.0. The van der Waals surface area contributed by atoms with Crippen LogP contribution in [0.3, 0.4) is 0 Å². The van der Waals surface area contributed by atoms with E-state index in [1.807, 2.05) is 0 Å². The van der Waals surface area contributed by atoms with Crippen LogP contribution in [0.1, 0.15) is 263 Å². The van der Waals surface area contributed by atoms with E-state index in [1.165, 1.54) is 238 Å². The highest BCUT2D eigenvalue weighted by atomic mass is 16.3. The van der Waals surface area contributed by atoms with E-state index < -0.39 is 0 Å². The minimum atomic E-state index is -0.0568. The van der Waals surface area contributed by atoms with Gasteiger partial charge in [-0.15, -0.1) is 0 Å². The van der Waals surface area contributed by atoms with Crippen molar-refractivity contribution in [3.63, 3.8) is 0 Å². The van der Waals surface area contributed by atoms with Crippen LogP contribution in [0.2, 0.25) is 0 Å². The fraction of sp³-hybridized carbons (Fsp3) is 1.00. The molecule has 0 spiro atoms. The van der Waals surface area contributed by atoms with Gasteiger partial charge in [0.25, 0.3) is 0 Å². The van der Waals surface area contributed by atoms with Gasteiger partial charge >= 0.3 is 0 Å². The molecule has 284 valence electrons. The second kappa shape index (κ2) is 43.9. The summed E-state index contributed by atoms with van der Waals surface area (Å²) in [5.74, 6) is 0. The molecule has 0 radical (unpaired) electrons. The second-order valence-corrected chi connectivity index (χ2v) is 15.5. The van der Waals surface area contributed by atoms with E-state index in [0.29, 0.717) is 13.2 Å². The summed E-state index contributed by atoms with van der Waals surface area (Å²) >= 11 is 0. The smallest absolute Gasteiger partial charge is 0.0540 e. The Morgan fingerprint density at radius 2 is 0.319 bits per heavy atom. The zero-order valence-corrected chi connectivity index (χ0v) is 32.3. The summed E-state index contributed by atoms with van der Waals surface area (Å²) in [4.78, 5) is 0. The lowest BCUT2D eigenvalue weighted by atomic mass is 10.0. The molecule has 1 atom stereocenters. The minimum absolute atomic E-state index is 0.0568. The molecule has 3 N–H and O–H groups in total. The molecule has 3 heteroatoms. The van der Waals surface area contributed by atoms with Crippen LogP contribution in [0.15, 0.2) is 0 Å². The first-order valence-electron chi connectivity index (χ1n) is 22.2. The summed E-state index contributed by atoms with van der Waals surface area (Å²) in [5.41, 5.74) is 0. The zero-order valence-electron chi connectivity index (χ0n) is 32.3.